The van der Waals surface area contributed by atoms with Crippen LogP contribution in [0.3, 0.4) is 0 Å². The fraction of sp³-hybridized carbons (Fsp3) is 0.480. The number of quaternary nitrogens is 2. The molecule has 6 heteroatoms. The molecule has 0 bridgehead atoms. The summed E-state index contributed by atoms with van der Waals surface area (Å²) in [7, 11) is 0. The summed E-state index contributed by atoms with van der Waals surface area (Å²) in [5, 5.41) is 3.08. The zero-order valence-electron chi connectivity index (χ0n) is 18.4. The first kappa shape index (κ1) is 21.7. The van der Waals surface area contributed by atoms with E-state index in [0.717, 1.165) is 63.9 Å². The predicted octanol–water partition coefficient (Wildman–Crippen LogP) is 0.478. The van der Waals surface area contributed by atoms with Gasteiger partial charge in [-0.1, -0.05) is 18.2 Å². The molecule has 166 valence electrons. The van der Waals surface area contributed by atoms with Crippen molar-refractivity contribution in [3.8, 4) is 5.75 Å². The smallest absolute Gasteiger partial charge is 0.279 e. The minimum atomic E-state index is 0.108. The van der Waals surface area contributed by atoms with Crippen molar-refractivity contribution in [2.24, 2.45) is 0 Å². The Kier molecular flexibility index (Phi) is 7.80. The number of carbonyl (C=O) groups is 1. The number of para-hydroxylation sites is 1. The number of piperidine rings is 1. The maximum absolute atomic E-state index is 12.5. The van der Waals surface area contributed by atoms with Crippen molar-refractivity contribution >= 4 is 17.3 Å². The first-order chi connectivity index (χ1) is 15.3. The van der Waals surface area contributed by atoms with E-state index in [1.807, 2.05) is 42.5 Å². The molecule has 0 aliphatic carbocycles. The summed E-state index contributed by atoms with van der Waals surface area (Å²) < 4.78 is 5.82. The Bertz CT molecular complexity index is 798. The number of rotatable bonds is 8. The number of nitrogens with one attached hydrogen (secondary N) is 3. The molecule has 4 rings (SSSR count). The van der Waals surface area contributed by atoms with Crippen molar-refractivity contribution in [3.05, 3.63) is 54.6 Å². The van der Waals surface area contributed by atoms with Crippen molar-refractivity contribution in [1.82, 2.24) is 0 Å². The number of ether oxygens (including phenoxy) is 1. The van der Waals surface area contributed by atoms with Gasteiger partial charge >= 0.3 is 0 Å². The van der Waals surface area contributed by atoms with Crippen LogP contribution in [0.1, 0.15) is 19.3 Å². The van der Waals surface area contributed by atoms with Gasteiger partial charge in [-0.25, -0.2) is 0 Å². The summed E-state index contributed by atoms with van der Waals surface area (Å²) >= 11 is 0. The molecule has 2 heterocycles. The fourth-order valence-electron chi connectivity index (χ4n) is 4.55. The molecule has 0 aromatic heterocycles. The van der Waals surface area contributed by atoms with Crippen LogP contribution in [0.25, 0.3) is 0 Å². The molecule has 0 unspecified atom stereocenters. The summed E-state index contributed by atoms with van der Waals surface area (Å²) in [5.74, 6) is 1.04. The van der Waals surface area contributed by atoms with E-state index >= 15 is 0 Å². The maximum Gasteiger partial charge on any atom is 0.279 e. The monoisotopic (exact) mass is 424 g/mol. The molecule has 0 saturated carbocycles. The predicted molar refractivity (Wildman–Crippen MR) is 124 cm³/mol. The minimum Gasteiger partial charge on any atom is -0.488 e. The number of piperazine rings is 1. The first-order valence-electron chi connectivity index (χ1n) is 11.8. The molecular weight excluding hydrogens is 388 g/mol. The van der Waals surface area contributed by atoms with E-state index in [1.165, 1.54) is 29.8 Å². The summed E-state index contributed by atoms with van der Waals surface area (Å²) in [6.07, 6.45) is 3.89. The van der Waals surface area contributed by atoms with Crippen molar-refractivity contribution < 1.29 is 19.3 Å². The average Bonchev–Trinajstić information content (AvgIpc) is 2.82. The molecule has 0 atom stereocenters. The fourth-order valence-corrected chi connectivity index (χ4v) is 4.55. The molecule has 2 aliphatic rings. The van der Waals surface area contributed by atoms with E-state index in [4.69, 9.17) is 4.74 Å². The van der Waals surface area contributed by atoms with E-state index in [-0.39, 0.29) is 5.91 Å². The SMILES string of the molecule is O=C(C[NH+]1CC[NH+](CCOc2ccccc2)CC1)Nc1ccc(N2CCCCC2)cc1. The van der Waals surface area contributed by atoms with Crippen LogP contribution in [-0.2, 0) is 4.79 Å². The first-order valence-corrected chi connectivity index (χ1v) is 11.8. The van der Waals surface area contributed by atoms with Gasteiger partial charge in [-0.15, -0.1) is 0 Å². The number of benzene rings is 2. The standard InChI is InChI=1S/C25H34N4O2/c30-25(26-22-9-11-23(12-10-22)29-13-5-2-6-14-29)21-28-17-15-27(16-18-28)19-20-31-24-7-3-1-4-8-24/h1,3-4,7-12H,2,5-6,13-21H2,(H,26,30)/p+2. The Morgan fingerprint density at radius 1 is 0.871 bits per heavy atom. The van der Waals surface area contributed by atoms with Crippen molar-refractivity contribution in [2.75, 3.05) is 69.2 Å². The van der Waals surface area contributed by atoms with Gasteiger partial charge in [-0.05, 0) is 55.7 Å². The van der Waals surface area contributed by atoms with Gasteiger partial charge in [-0.2, -0.15) is 0 Å². The molecule has 1 amide bonds. The molecule has 31 heavy (non-hydrogen) atoms. The lowest BCUT2D eigenvalue weighted by Crippen LogP contribution is -3.28. The normalized spacial score (nSPS) is 21.5. The largest absolute Gasteiger partial charge is 0.488 e. The number of hydrogen-bond acceptors (Lipinski definition) is 3. The number of nitrogens with zero attached hydrogens (tertiary/aromatic N) is 1. The van der Waals surface area contributed by atoms with E-state index in [9.17, 15) is 4.79 Å². The second-order valence-electron chi connectivity index (χ2n) is 8.73. The zero-order chi connectivity index (χ0) is 21.3. The number of hydrogen-bond donors (Lipinski definition) is 3. The van der Waals surface area contributed by atoms with Crippen molar-refractivity contribution in [1.29, 1.82) is 0 Å². The minimum absolute atomic E-state index is 0.108. The summed E-state index contributed by atoms with van der Waals surface area (Å²) in [6.45, 7) is 8.81. The number of carbonyl (C=O) groups excluding carboxylic acids is 1. The molecule has 2 aromatic carbocycles. The van der Waals surface area contributed by atoms with Crippen molar-refractivity contribution in [2.45, 2.75) is 19.3 Å². The molecule has 2 saturated heterocycles. The second-order valence-corrected chi connectivity index (χ2v) is 8.73. The van der Waals surface area contributed by atoms with Crippen LogP contribution < -0.4 is 24.8 Å². The van der Waals surface area contributed by atoms with Gasteiger partial charge in [0.2, 0.25) is 0 Å². The van der Waals surface area contributed by atoms with Gasteiger partial charge in [0.05, 0.1) is 0 Å². The second kappa shape index (κ2) is 11.2. The molecule has 2 aromatic rings. The number of amides is 1. The zero-order valence-corrected chi connectivity index (χ0v) is 18.4. The lowest BCUT2D eigenvalue weighted by Gasteiger charge is -2.29. The Hall–Kier alpha value is -2.57. The Balaban J connectivity index is 1.14. The molecule has 0 radical (unpaired) electrons. The van der Waals surface area contributed by atoms with Crippen LogP contribution in [0.4, 0.5) is 11.4 Å². The summed E-state index contributed by atoms with van der Waals surface area (Å²) in [6, 6.07) is 18.3. The Labute approximate surface area is 185 Å². The van der Waals surface area contributed by atoms with Gasteiger partial charge in [0.25, 0.3) is 5.91 Å². The van der Waals surface area contributed by atoms with E-state index < -0.39 is 0 Å². The third-order valence-electron chi connectivity index (χ3n) is 6.41. The van der Waals surface area contributed by atoms with Crippen LogP contribution in [0.2, 0.25) is 0 Å². The van der Waals surface area contributed by atoms with Gasteiger partial charge in [-0.3, -0.25) is 4.79 Å². The quantitative estimate of drug-likeness (QED) is 0.578. The van der Waals surface area contributed by atoms with Crippen LogP contribution in [-0.4, -0.2) is 64.9 Å². The van der Waals surface area contributed by atoms with E-state index in [1.54, 1.807) is 4.90 Å². The molecule has 3 N–H and O–H groups in total. The molecule has 2 fully saturated rings. The third-order valence-corrected chi connectivity index (χ3v) is 6.41. The van der Waals surface area contributed by atoms with Gasteiger partial charge < -0.3 is 24.8 Å². The van der Waals surface area contributed by atoms with E-state index in [0.29, 0.717) is 6.54 Å². The molecule has 0 spiro atoms. The highest BCUT2D eigenvalue weighted by atomic mass is 16.5. The van der Waals surface area contributed by atoms with Crippen LogP contribution in [0, 0.1) is 0 Å². The highest BCUT2D eigenvalue weighted by Crippen LogP contribution is 2.21. The van der Waals surface area contributed by atoms with E-state index in [2.05, 4.69) is 22.3 Å². The molecular formula is C25H36N4O2+2. The van der Waals surface area contributed by atoms with Crippen LogP contribution in [0.5, 0.6) is 5.75 Å². The highest BCUT2D eigenvalue weighted by Gasteiger charge is 2.24. The van der Waals surface area contributed by atoms with Gasteiger partial charge in [0.1, 0.15) is 45.1 Å². The highest BCUT2D eigenvalue weighted by molar-refractivity contribution is 5.91. The van der Waals surface area contributed by atoms with Crippen LogP contribution in [0.15, 0.2) is 54.6 Å². The summed E-state index contributed by atoms with van der Waals surface area (Å²) in [5.41, 5.74) is 2.16. The maximum atomic E-state index is 12.5. The van der Waals surface area contributed by atoms with Gasteiger partial charge in [0.15, 0.2) is 6.54 Å². The van der Waals surface area contributed by atoms with Crippen LogP contribution >= 0.6 is 0 Å². The topological polar surface area (TPSA) is 50.5 Å². The Morgan fingerprint density at radius 3 is 2.26 bits per heavy atom. The summed E-state index contributed by atoms with van der Waals surface area (Å²) in [4.78, 5) is 17.9. The average molecular weight is 425 g/mol. The third kappa shape index (κ3) is 6.71. The van der Waals surface area contributed by atoms with Crippen molar-refractivity contribution in [3.63, 3.8) is 0 Å². The lowest BCUT2D eigenvalue weighted by molar-refractivity contribution is -1.01. The molecule has 2 aliphatic heterocycles. The Morgan fingerprint density at radius 2 is 1.55 bits per heavy atom. The lowest BCUT2D eigenvalue weighted by atomic mass is 10.1. The number of anilines is 2. The van der Waals surface area contributed by atoms with Gasteiger partial charge in [0, 0.05) is 24.5 Å². The molecule has 6 nitrogen and oxygen atoms in total.